The van der Waals surface area contributed by atoms with Gasteiger partial charge in [0, 0.05) is 23.7 Å². The van der Waals surface area contributed by atoms with Crippen molar-refractivity contribution in [2.75, 3.05) is 0 Å². The zero-order valence-corrected chi connectivity index (χ0v) is 13.3. The van der Waals surface area contributed by atoms with E-state index in [9.17, 15) is 8.78 Å². The summed E-state index contributed by atoms with van der Waals surface area (Å²) >= 11 is 0. The van der Waals surface area contributed by atoms with Gasteiger partial charge in [0.15, 0.2) is 0 Å². The number of hydrogen-bond donors (Lipinski definition) is 1. The Balaban J connectivity index is 1.79. The maximum absolute atomic E-state index is 13.9. The second-order valence-corrected chi connectivity index (χ2v) is 7.72. The average molecular weight is 293 g/mol. The van der Waals surface area contributed by atoms with E-state index in [0.29, 0.717) is 17.0 Å². The van der Waals surface area contributed by atoms with Gasteiger partial charge in [0.2, 0.25) is 0 Å². The van der Waals surface area contributed by atoms with Crippen molar-refractivity contribution in [3.8, 4) is 0 Å². The minimum absolute atomic E-state index is 0.0948. The number of benzene rings is 1. The molecule has 0 radical (unpaired) electrons. The van der Waals surface area contributed by atoms with E-state index in [0.717, 1.165) is 18.4 Å². The van der Waals surface area contributed by atoms with Gasteiger partial charge < -0.3 is 5.32 Å². The van der Waals surface area contributed by atoms with E-state index in [1.165, 1.54) is 18.9 Å². The molecule has 1 aromatic carbocycles. The number of halogens is 2. The summed E-state index contributed by atoms with van der Waals surface area (Å²) in [4.78, 5) is 0. The third kappa shape index (κ3) is 2.12. The highest BCUT2D eigenvalue weighted by atomic mass is 19.1. The molecule has 1 N–H and O–H groups in total. The quantitative estimate of drug-likeness (QED) is 0.841. The van der Waals surface area contributed by atoms with Crippen LogP contribution in [-0.2, 0) is 0 Å². The Kier molecular flexibility index (Phi) is 3.40. The molecule has 1 nitrogen and oxygen atoms in total. The van der Waals surface area contributed by atoms with Crippen LogP contribution in [0.25, 0.3) is 0 Å². The maximum Gasteiger partial charge on any atom is 0.130 e. The van der Waals surface area contributed by atoms with Gasteiger partial charge in [-0.2, -0.15) is 0 Å². The fraction of sp³-hybridized carbons (Fsp3) is 0.667. The van der Waals surface area contributed by atoms with Gasteiger partial charge in [0.05, 0.1) is 0 Å². The van der Waals surface area contributed by atoms with Crippen LogP contribution in [0.15, 0.2) is 18.2 Å². The third-order valence-electron chi connectivity index (χ3n) is 6.67. The number of hydrogen-bond acceptors (Lipinski definition) is 1. The Morgan fingerprint density at radius 3 is 2.48 bits per heavy atom. The van der Waals surface area contributed by atoms with Gasteiger partial charge in [0.1, 0.15) is 11.6 Å². The van der Waals surface area contributed by atoms with Crippen LogP contribution < -0.4 is 5.32 Å². The third-order valence-corrected chi connectivity index (χ3v) is 6.67. The first kappa shape index (κ1) is 15.0. The van der Waals surface area contributed by atoms with E-state index in [1.807, 2.05) is 6.92 Å². The highest BCUT2D eigenvalue weighted by Gasteiger charge is 2.61. The lowest BCUT2D eigenvalue weighted by Crippen LogP contribution is -2.45. The number of nitrogens with one attached hydrogen (secondary N) is 1. The van der Waals surface area contributed by atoms with Gasteiger partial charge in [-0.05, 0) is 49.0 Å². The van der Waals surface area contributed by atoms with Gasteiger partial charge >= 0.3 is 0 Å². The Labute approximate surface area is 126 Å². The van der Waals surface area contributed by atoms with E-state index in [-0.39, 0.29) is 11.5 Å². The van der Waals surface area contributed by atoms with E-state index >= 15 is 0 Å². The smallest absolute Gasteiger partial charge is 0.130 e. The first-order chi connectivity index (χ1) is 9.75. The molecule has 0 aromatic heterocycles. The Hall–Kier alpha value is -0.960. The van der Waals surface area contributed by atoms with Gasteiger partial charge in [-0.25, -0.2) is 8.78 Å². The highest BCUT2D eigenvalue weighted by molar-refractivity contribution is 5.23. The summed E-state index contributed by atoms with van der Waals surface area (Å²) in [5.74, 6) is -0.218. The van der Waals surface area contributed by atoms with Crippen molar-refractivity contribution in [1.29, 1.82) is 0 Å². The maximum atomic E-state index is 13.9. The van der Waals surface area contributed by atoms with Crippen LogP contribution in [0.2, 0.25) is 0 Å². The molecule has 3 rings (SSSR count). The molecule has 21 heavy (non-hydrogen) atoms. The molecule has 2 aliphatic rings. The van der Waals surface area contributed by atoms with Crippen molar-refractivity contribution in [3.05, 3.63) is 35.4 Å². The van der Waals surface area contributed by atoms with Crippen molar-refractivity contribution >= 4 is 0 Å². The van der Waals surface area contributed by atoms with E-state index in [2.05, 4.69) is 26.1 Å². The second kappa shape index (κ2) is 4.77. The van der Waals surface area contributed by atoms with Crippen LogP contribution in [-0.4, -0.2) is 6.04 Å². The Bertz CT molecular complexity index is 554. The molecular weight excluding hydrogens is 268 g/mol. The minimum atomic E-state index is -0.517. The molecule has 2 fully saturated rings. The Morgan fingerprint density at radius 2 is 1.95 bits per heavy atom. The second-order valence-electron chi connectivity index (χ2n) is 7.72. The van der Waals surface area contributed by atoms with E-state index in [1.54, 1.807) is 6.07 Å². The largest absolute Gasteiger partial charge is 0.307 e. The molecule has 4 unspecified atom stereocenters. The summed E-state index contributed by atoms with van der Waals surface area (Å²) in [7, 11) is 0. The average Bonchev–Trinajstić information content (AvgIpc) is 2.71. The molecule has 1 aromatic rings. The molecule has 4 atom stereocenters. The predicted octanol–water partition coefficient (Wildman–Crippen LogP) is 4.83. The van der Waals surface area contributed by atoms with Gasteiger partial charge in [-0.1, -0.05) is 26.8 Å². The van der Waals surface area contributed by atoms with Crippen LogP contribution in [0.1, 0.15) is 58.6 Å². The van der Waals surface area contributed by atoms with E-state index < -0.39 is 11.6 Å². The van der Waals surface area contributed by atoms with Gasteiger partial charge in [-0.3, -0.25) is 0 Å². The summed E-state index contributed by atoms with van der Waals surface area (Å²) in [5.41, 5.74) is 1.16. The predicted molar refractivity (Wildman–Crippen MR) is 80.9 cm³/mol. The number of rotatable bonds is 3. The van der Waals surface area contributed by atoms with Gasteiger partial charge in [-0.15, -0.1) is 0 Å². The van der Waals surface area contributed by atoms with Crippen LogP contribution in [0.4, 0.5) is 8.78 Å². The minimum Gasteiger partial charge on any atom is -0.307 e. The lowest BCUT2D eigenvalue weighted by Gasteiger charge is -2.40. The Morgan fingerprint density at radius 1 is 1.24 bits per heavy atom. The van der Waals surface area contributed by atoms with Crippen molar-refractivity contribution in [2.24, 2.45) is 16.7 Å². The van der Waals surface area contributed by atoms with Crippen molar-refractivity contribution in [3.63, 3.8) is 0 Å². The molecular formula is C18H25F2N. The molecule has 2 saturated carbocycles. The lowest BCUT2D eigenvalue weighted by molar-refractivity contribution is 0.116. The topological polar surface area (TPSA) is 12.0 Å². The fourth-order valence-electron chi connectivity index (χ4n) is 4.70. The molecule has 3 heteroatoms. The molecule has 0 spiro atoms. The summed E-state index contributed by atoms with van der Waals surface area (Å²) in [6, 6.07) is 4.18. The van der Waals surface area contributed by atoms with Crippen LogP contribution in [0.3, 0.4) is 0 Å². The molecule has 0 heterocycles. The van der Waals surface area contributed by atoms with Gasteiger partial charge in [0.25, 0.3) is 0 Å². The van der Waals surface area contributed by atoms with Crippen LogP contribution in [0, 0.1) is 28.4 Å². The standard InChI is InChI=1S/C18H25F2N/c1-11(14-6-5-13(19)10-15(14)20)21-16-9-12-7-8-18(16,4)17(12,2)3/h5-6,10-12,16,21H,7-9H2,1-4H3. The summed E-state index contributed by atoms with van der Waals surface area (Å²) < 4.78 is 27.0. The monoisotopic (exact) mass is 293 g/mol. The normalized spacial score (nSPS) is 35.1. The molecule has 0 saturated heterocycles. The van der Waals surface area contributed by atoms with Crippen molar-refractivity contribution in [2.45, 2.75) is 59.0 Å². The lowest BCUT2D eigenvalue weighted by atomic mass is 9.69. The summed E-state index contributed by atoms with van der Waals surface area (Å²) in [6.45, 7) is 9.08. The molecule has 2 bridgehead atoms. The molecule has 116 valence electrons. The fourth-order valence-corrected chi connectivity index (χ4v) is 4.70. The molecule has 0 aliphatic heterocycles. The van der Waals surface area contributed by atoms with Crippen LogP contribution >= 0.6 is 0 Å². The highest BCUT2D eigenvalue weighted by Crippen LogP contribution is 2.65. The van der Waals surface area contributed by atoms with Crippen LogP contribution in [0.5, 0.6) is 0 Å². The van der Waals surface area contributed by atoms with Crippen molar-refractivity contribution < 1.29 is 8.78 Å². The summed E-state index contributed by atoms with van der Waals surface area (Å²) in [6.07, 6.45) is 3.71. The molecule has 0 amide bonds. The van der Waals surface area contributed by atoms with E-state index in [4.69, 9.17) is 0 Å². The first-order valence-electron chi connectivity index (χ1n) is 7.97. The zero-order valence-electron chi connectivity index (χ0n) is 13.3. The zero-order chi connectivity index (χ0) is 15.4. The molecule has 2 aliphatic carbocycles. The summed E-state index contributed by atoms with van der Waals surface area (Å²) in [5, 5.41) is 3.62. The SMILES string of the molecule is CC(NC1CC2CCC1(C)C2(C)C)c1ccc(F)cc1F. The first-order valence-corrected chi connectivity index (χ1v) is 7.97. The number of fused-ring (bicyclic) bond motifs is 2. The van der Waals surface area contributed by atoms with Crippen molar-refractivity contribution in [1.82, 2.24) is 5.32 Å².